The molecule has 1 heterocycles. The van der Waals surface area contributed by atoms with Crippen molar-refractivity contribution in [2.45, 2.75) is 45.2 Å². The summed E-state index contributed by atoms with van der Waals surface area (Å²) < 4.78 is 5.84. The van der Waals surface area contributed by atoms with Crippen LogP contribution >= 0.6 is 11.8 Å². The first kappa shape index (κ1) is 11.0. The molecule has 1 aliphatic rings. The van der Waals surface area contributed by atoms with Gasteiger partial charge in [0, 0.05) is 0 Å². The molecule has 0 spiro atoms. The van der Waals surface area contributed by atoms with E-state index >= 15 is 0 Å². The van der Waals surface area contributed by atoms with Gasteiger partial charge in [0.2, 0.25) is 0 Å². The van der Waals surface area contributed by atoms with Crippen LogP contribution in [0.2, 0.25) is 11.6 Å². The molecule has 0 aromatic heterocycles. The van der Waals surface area contributed by atoms with Crippen LogP contribution in [0.25, 0.3) is 0 Å². The fourth-order valence-electron chi connectivity index (χ4n) is 1.99. The standard InChI is InChI=1S/C10H19BOS/c1-5-13-10(4)12-11-8(2)6-7-9(11)3/h8-9H,4-7H2,1-3H3/t8-,9-/m0/s1. The fourth-order valence-corrected chi connectivity index (χ4v) is 2.50. The monoisotopic (exact) mass is 198 g/mol. The van der Waals surface area contributed by atoms with Crippen LogP contribution in [0.4, 0.5) is 0 Å². The van der Waals surface area contributed by atoms with Gasteiger partial charge in [-0.05, 0) is 17.4 Å². The zero-order chi connectivity index (χ0) is 9.84. The molecule has 0 amide bonds. The fraction of sp³-hybridized carbons (Fsp3) is 0.800. The smallest absolute Gasteiger partial charge is 0.364 e. The van der Waals surface area contributed by atoms with Crippen molar-refractivity contribution >= 4 is 18.7 Å². The van der Waals surface area contributed by atoms with E-state index in [1.165, 1.54) is 12.8 Å². The summed E-state index contributed by atoms with van der Waals surface area (Å²) in [6.45, 7) is 11.0. The van der Waals surface area contributed by atoms with Crippen LogP contribution in [0.3, 0.4) is 0 Å². The molecule has 3 heteroatoms. The molecular formula is C10H19BOS. The molecule has 0 radical (unpaired) electrons. The zero-order valence-electron chi connectivity index (χ0n) is 8.88. The lowest BCUT2D eigenvalue weighted by atomic mass is 9.53. The van der Waals surface area contributed by atoms with Gasteiger partial charge in [-0.15, -0.1) is 0 Å². The summed E-state index contributed by atoms with van der Waals surface area (Å²) in [6.07, 6.45) is 2.60. The zero-order valence-corrected chi connectivity index (χ0v) is 9.69. The molecule has 13 heavy (non-hydrogen) atoms. The van der Waals surface area contributed by atoms with Crippen molar-refractivity contribution in [3.63, 3.8) is 0 Å². The van der Waals surface area contributed by atoms with Crippen LogP contribution in [-0.2, 0) is 4.65 Å². The number of hydrogen-bond donors (Lipinski definition) is 0. The first-order chi connectivity index (χ1) is 6.15. The maximum Gasteiger partial charge on any atom is 0.364 e. The molecule has 0 saturated carbocycles. The first-order valence-corrected chi connectivity index (χ1v) is 6.12. The van der Waals surface area contributed by atoms with E-state index in [2.05, 4.69) is 27.4 Å². The molecular weight excluding hydrogens is 179 g/mol. The van der Waals surface area contributed by atoms with Crippen LogP contribution in [0, 0.1) is 0 Å². The van der Waals surface area contributed by atoms with Crippen molar-refractivity contribution in [2.24, 2.45) is 0 Å². The largest absolute Gasteiger partial charge is 0.556 e. The molecule has 0 aromatic carbocycles. The Kier molecular flexibility index (Phi) is 4.24. The Hall–Kier alpha value is -0.0451. The quantitative estimate of drug-likeness (QED) is 0.502. The van der Waals surface area contributed by atoms with Gasteiger partial charge in [-0.2, -0.15) is 0 Å². The third kappa shape index (κ3) is 2.98. The summed E-state index contributed by atoms with van der Waals surface area (Å²) >= 11 is 1.71. The first-order valence-electron chi connectivity index (χ1n) is 5.13. The topological polar surface area (TPSA) is 9.23 Å². The van der Waals surface area contributed by atoms with Crippen molar-refractivity contribution < 1.29 is 4.65 Å². The second kappa shape index (κ2) is 4.99. The van der Waals surface area contributed by atoms with Gasteiger partial charge < -0.3 is 4.65 Å². The molecule has 1 aliphatic heterocycles. The molecule has 0 aromatic rings. The molecule has 1 nitrogen and oxygen atoms in total. The van der Waals surface area contributed by atoms with Crippen LogP contribution in [-0.4, -0.2) is 12.7 Å². The summed E-state index contributed by atoms with van der Waals surface area (Å²) in [4.78, 5) is 0. The molecule has 1 fully saturated rings. The summed E-state index contributed by atoms with van der Waals surface area (Å²) in [5, 5.41) is 0.896. The third-order valence-corrected chi connectivity index (χ3v) is 3.48. The Morgan fingerprint density at radius 1 is 1.46 bits per heavy atom. The molecule has 1 saturated heterocycles. The summed E-state index contributed by atoms with van der Waals surface area (Å²) in [5.41, 5.74) is 0. The molecule has 0 bridgehead atoms. The summed E-state index contributed by atoms with van der Waals surface area (Å²) in [7, 11) is 0. The van der Waals surface area contributed by atoms with Gasteiger partial charge in [-0.3, -0.25) is 0 Å². The molecule has 2 atom stereocenters. The molecule has 1 rings (SSSR count). The van der Waals surface area contributed by atoms with Crippen molar-refractivity contribution in [3.05, 3.63) is 11.7 Å². The highest BCUT2D eigenvalue weighted by molar-refractivity contribution is 8.02. The van der Waals surface area contributed by atoms with Crippen molar-refractivity contribution in [3.8, 4) is 0 Å². The number of hydrogen-bond acceptors (Lipinski definition) is 2. The van der Waals surface area contributed by atoms with Gasteiger partial charge in [-0.1, -0.05) is 52.0 Å². The Balaban J connectivity index is 2.38. The maximum atomic E-state index is 5.84. The Morgan fingerprint density at radius 3 is 2.46 bits per heavy atom. The average molecular weight is 198 g/mol. The third-order valence-electron chi connectivity index (χ3n) is 2.77. The van der Waals surface area contributed by atoms with E-state index in [9.17, 15) is 0 Å². The SMILES string of the molecule is C=C(OB1[C@@H](C)CC[C@@H]1C)SCC. The van der Waals surface area contributed by atoms with Gasteiger partial charge in [0.25, 0.3) is 0 Å². The van der Waals surface area contributed by atoms with Crippen LogP contribution in [0.5, 0.6) is 0 Å². The average Bonchev–Trinajstić information content (AvgIpc) is 2.36. The Morgan fingerprint density at radius 2 is 2.00 bits per heavy atom. The normalized spacial score (nSPS) is 27.8. The summed E-state index contributed by atoms with van der Waals surface area (Å²) in [5.74, 6) is 2.45. The lowest BCUT2D eigenvalue weighted by molar-refractivity contribution is 0.462. The Labute approximate surface area is 86.4 Å². The molecule has 74 valence electrons. The highest BCUT2D eigenvalue weighted by Crippen LogP contribution is 2.40. The van der Waals surface area contributed by atoms with E-state index in [1.54, 1.807) is 11.8 Å². The van der Waals surface area contributed by atoms with Gasteiger partial charge in [-0.25, -0.2) is 0 Å². The highest BCUT2D eigenvalue weighted by Gasteiger charge is 2.37. The van der Waals surface area contributed by atoms with Crippen LogP contribution in [0.1, 0.15) is 33.6 Å². The lowest BCUT2D eigenvalue weighted by Gasteiger charge is -2.18. The summed E-state index contributed by atoms with van der Waals surface area (Å²) in [6, 6.07) is 0. The van der Waals surface area contributed by atoms with Crippen molar-refractivity contribution in [1.29, 1.82) is 0 Å². The van der Waals surface area contributed by atoms with Gasteiger partial charge >= 0.3 is 6.92 Å². The second-order valence-corrected chi connectivity index (χ2v) is 5.24. The predicted octanol–water partition coefficient (Wildman–Crippen LogP) is 3.79. The predicted molar refractivity (Wildman–Crippen MR) is 62.2 cm³/mol. The van der Waals surface area contributed by atoms with E-state index in [4.69, 9.17) is 4.65 Å². The van der Waals surface area contributed by atoms with Crippen molar-refractivity contribution in [2.75, 3.05) is 5.75 Å². The molecule has 0 aliphatic carbocycles. The van der Waals surface area contributed by atoms with E-state index in [-0.39, 0.29) is 0 Å². The van der Waals surface area contributed by atoms with E-state index in [0.717, 1.165) is 10.8 Å². The van der Waals surface area contributed by atoms with Gasteiger partial charge in [0.05, 0.1) is 0 Å². The van der Waals surface area contributed by atoms with E-state index in [1.807, 2.05) is 0 Å². The minimum absolute atomic E-state index is 0.409. The molecule has 0 unspecified atom stereocenters. The number of thioether (sulfide) groups is 1. The minimum Gasteiger partial charge on any atom is -0.556 e. The van der Waals surface area contributed by atoms with E-state index < -0.39 is 0 Å². The highest BCUT2D eigenvalue weighted by atomic mass is 32.2. The van der Waals surface area contributed by atoms with Crippen molar-refractivity contribution in [1.82, 2.24) is 0 Å². The Bertz CT molecular complexity index is 174. The maximum absolute atomic E-state index is 5.84. The van der Waals surface area contributed by atoms with Crippen LogP contribution in [0.15, 0.2) is 11.7 Å². The lowest BCUT2D eigenvalue weighted by Crippen LogP contribution is -2.20. The minimum atomic E-state index is 0.409. The molecule has 0 N–H and O–H groups in total. The van der Waals surface area contributed by atoms with Crippen LogP contribution < -0.4 is 0 Å². The van der Waals surface area contributed by atoms with Gasteiger partial charge in [0.1, 0.15) is 5.09 Å². The van der Waals surface area contributed by atoms with E-state index in [0.29, 0.717) is 18.6 Å². The van der Waals surface area contributed by atoms with Gasteiger partial charge in [0.15, 0.2) is 0 Å². The second-order valence-electron chi connectivity index (χ2n) is 3.92. The number of rotatable bonds is 4.